The van der Waals surface area contributed by atoms with Crippen molar-refractivity contribution < 1.29 is 14.7 Å². The lowest BCUT2D eigenvalue weighted by molar-refractivity contribution is -0.131. The first-order valence-electron chi connectivity index (χ1n) is 6.72. The molecule has 18 heavy (non-hydrogen) atoms. The number of carbonyl (C=O) groups excluding carboxylic acids is 2. The number of rotatable bonds is 1. The van der Waals surface area contributed by atoms with Gasteiger partial charge in [-0.1, -0.05) is 32.4 Å². The highest BCUT2D eigenvalue weighted by atomic mass is 16.3. The third-order valence-electron chi connectivity index (χ3n) is 3.71. The molecule has 1 N–H and O–H groups in total. The molecule has 0 aliphatic heterocycles. The van der Waals surface area contributed by atoms with Gasteiger partial charge in [0.05, 0.1) is 6.10 Å². The summed E-state index contributed by atoms with van der Waals surface area (Å²) >= 11 is 0. The Labute approximate surface area is 109 Å². The van der Waals surface area contributed by atoms with Crippen LogP contribution >= 0.6 is 0 Å². The molecule has 0 heterocycles. The van der Waals surface area contributed by atoms with E-state index in [0.717, 1.165) is 5.57 Å². The number of hydrogen-bond donors (Lipinski definition) is 1. The first kappa shape index (κ1) is 15.1. The molecule has 0 aromatic carbocycles. The summed E-state index contributed by atoms with van der Waals surface area (Å²) in [7, 11) is 0. The van der Waals surface area contributed by atoms with Crippen LogP contribution in [-0.4, -0.2) is 22.8 Å². The van der Waals surface area contributed by atoms with Crippen LogP contribution in [0.25, 0.3) is 0 Å². The molecule has 0 aromatic heterocycles. The molecular formula is C15H24O3. The van der Waals surface area contributed by atoms with Crippen molar-refractivity contribution in [3.8, 4) is 0 Å². The molecule has 1 aliphatic rings. The Balaban J connectivity index is 2.98. The van der Waals surface area contributed by atoms with Gasteiger partial charge >= 0.3 is 0 Å². The number of ketones is 2. The van der Waals surface area contributed by atoms with E-state index >= 15 is 0 Å². The maximum absolute atomic E-state index is 12.2. The van der Waals surface area contributed by atoms with Gasteiger partial charge in [0.25, 0.3) is 0 Å². The van der Waals surface area contributed by atoms with E-state index in [1.807, 2.05) is 27.7 Å². The lowest BCUT2D eigenvalue weighted by atomic mass is 9.80. The molecule has 0 unspecified atom stereocenters. The summed E-state index contributed by atoms with van der Waals surface area (Å²) in [6.07, 6.45) is 2.21. The second-order valence-electron chi connectivity index (χ2n) is 5.88. The van der Waals surface area contributed by atoms with Crippen LogP contribution in [0.5, 0.6) is 0 Å². The zero-order chi connectivity index (χ0) is 13.9. The Morgan fingerprint density at radius 2 is 1.89 bits per heavy atom. The van der Waals surface area contributed by atoms with Crippen LogP contribution in [-0.2, 0) is 9.59 Å². The molecule has 0 aromatic rings. The van der Waals surface area contributed by atoms with Crippen LogP contribution in [0.4, 0.5) is 0 Å². The van der Waals surface area contributed by atoms with E-state index in [1.165, 1.54) is 0 Å². The van der Waals surface area contributed by atoms with Gasteiger partial charge < -0.3 is 5.11 Å². The monoisotopic (exact) mass is 252 g/mol. The van der Waals surface area contributed by atoms with E-state index < -0.39 is 6.10 Å². The van der Waals surface area contributed by atoms with Crippen LogP contribution in [0.3, 0.4) is 0 Å². The average Bonchev–Trinajstić information content (AvgIpc) is 2.22. The topological polar surface area (TPSA) is 54.4 Å². The molecule has 3 heteroatoms. The molecule has 0 spiro atoms. The molecule has 0 saturated carbocycles. The van der Waals surface area contributed by atoms with Crippen molar-refractivity contribution in [1.82, 2.24) is 0 Å². The molecule has 0 fully saturated rings. The standard InChI is InChI=1S/C15H24O3/c1-9(2)13-8-14(17)11(4)7-12(16)5-10(3)6-15(13)18/h5,9,11-13,16H,6-8H2,1-4H3/t11-,12+,13-/m0/s1. The molecule has 0 radical (unpaired) electrons. The second-order valence-corrected chi connectivity index (χ2v) is 5.88. The Morgan fingerprint density at radius 1 is 1.28 bits per heavy atom. The highest BCUT2D eigenvalue weighted by Gasteiger charge is 2.28. The van der Waals surface area contributed by atoms with Crippen LogP contribution in [0.1, 0.15) is 47.0 Å². The van der Waals surface area contributed by atoms with Crippen molar-refractivity contribution in [2.24, 2.45) is 17.8 Å². The fourth-order valence-corrected chi connectivity index (χ4v) is 2.49. The minimum absolute atomic E-state index is 0.0917. The summed E-state index contributed by atoms with van der Waals surface area (Å²) in [6.45, 7) is 7.67. The number of aliphatic hydroxyl groups excluding tert-OH is 1. The van der Waals surface area contributed by atoms with Crippen molar-refractivity contribution in [3.05, 3.63) is 11.6 Å². The van der Waals surface area contributed by atoms with Gasteiger partial charge in [0.15, 0.2) is 0 Å². The van der Waals surface area contributed by atoms with E-state index in [0.29, 0.717) is 19.3 Å². The number of aliphatic hydroxyl groups is 1. The van der Waals surface area contributed by atoms with Gasteiger partial charge in [-0.2, -0.15) is 0 Å². The first-order chi connectivity index (χ1) is 8.31. The predicted octanol–water partition coefficient (Wildman–Crippen LogP) is 2.52. The Morgan fingerprint density at radius 3 is 2.44 bits per heavy atom. The molecule has 0 saturated heterocycles. The molecule has 1 rings (SSSR count). The predicted molar refractivity (Wildman–Crippen MR) is 71.1 cm³/mol. The number of hydrogen-bond acceptors (Lipinski definition) is 3. The summed E-state index contributed by atoms with van der Waals surface area (Å²) in [4.78, 5) is 24.2. The Hall–Kier alpha value is -0.960. The molecule has 3 atom stereocenters. The van der Waals surface area contributed by atoms with Gasteiger partial charge in [-0.05, 0) is 19.3 Å². The third kappa shape index (κ3) is 4.05. The minimum atomic E-state index is -0.618. The van der Waals surface area contributed by atoms with Crippen LogP contribution in [0.15, 0.2) is 11.6 Å². The van der Waals surface area contributed by atoms with Crippen molar-refractivity contribution in [1.29, 1.82) is 0 Å². The maximum atomic E-state index is 12.2. The summed E-state index contributed by atoms with van der Waals surface area (Å²) in [5, 5.41) is 9.81. The van der Waals surface area contributed by atoms with Crippen molar-refractivity contribution >= 4 is 11.6 Å². The van der Waals surface area contributed by atoms with Gasteiger partial charge in [-0.25, -0.2) is 0 Å². The van der Waals surface area contributed by atoms with Crippen molar-refractivity contribution in [3.63, 3.8) is 0 Å². The largest absolute Gasteiger partial charge is 0.389 e. The zero-order valence-corrected chi connectivity index (χ0v) is 11.8. The maximum Gasteiger partial charge on any atom is 0.140 e. The normalized spacial score (nSPS) is 31.4. The first-order valence-corrected chi connectivity index (χ1v) is 6.72. The highest BCUT2D eigenvalue weighted by molar-refractivity contribution is 5.90. The molecule has 0 amide bonds. The SMILES string of the molecule is CC1=C[C@@H](O)C[C@H](C)C(=O)C[C@@H](C(C)C)C(=O)C1. The third-order valence-corrected chi connectivity index (χ3v) is 3.71. The summed E-state index contributed by atoms with van der Waals surface area (Å²) < 4.78 is 0. The molecule has 3 nitrogen and oxygen atoms in total. The molecule has 1 aliphatic carbocycles. The molecule has 0 bridgehead atoms. The van der Waals surface area contributed by atoms with Crippen molar-refractivity contribution in [2.75, 3.05) is 0 Å². The van der Waals surface area contributed by atoms with E-state index in [2.05, 4.69) is 0 Å². The summed E-state index contributed by atoms with van der Waals surface area (Å²) in [5.74, 6) is 0.0306. The van der Waals surface area contributed by atoms with Gasteiger partial charge in [0.2, 0.25) is 0 Å². The summed E-state index contributed by atoms with van der Waals surface area (Å²) in [6, 6.07) is 0. The van der Waals surface area contributed by atoms with Gasteiger partial charge in [0, 0.05) is 24.7 Å². The Kier molecular flexibility index (Phi) is 5.27. The van der Waals surface area contributed by atoms with Gasteiger partial charge in [0.1, 0.15) is 11.6 Å². The van der Waals surface area contributed by atoms with Crippen LogP contribution < -0.4 is 0 Å². The fraction of sp³-hybridized carbons (Fsp3) is 0.733. The Bertz CT molecular complexity index is 355. The number of allylic oxidation sites excluding steroid dienone is 1. The van der Waals surface area contributed by atoms with Gasteiger partial charge in [-0.3, -0.25) is 9.59 Å². The average molecular weight is 252 g/mol. The highest BCUT2D eigenvalue weighted by Crippen LogP contribution is 2.25. The fourth-order valence-electron chi connectivity index (χ4n) is 2.49. The smallest absolute Gasteiger partial charge is 0.140 e. The molecule has 102 valence electrons. The van der Waals surface area contributed by atoms with E-state index in [-0.39, 0.29) is 29.3 Å². The number of Topliss-reactive ketones (excluding diaryl/α,β-unsaturated/α-hetero) is 2. The van der Waals surface area contributed by atoms with E-state index in [9.17, 15) is 14.7 Å². The van der Waals surface area contributed by atoms with Crippen molar-refractivity contribution in [2.45, 2.75) is 53.1 Å². The van der Waals surface area contributed by atoms with E-state index in [1.54, 1.807) is 6.08 Å². The minimum Gasteiger partial charge on any atom is -0.389 e. The quantitative estimate of drug-likeness (QED) is 0.730. The van der Waals surface area contributed by atoms with Crippen LogP contribution in [0.2, 0.25) is 0 Å². The number of carbonyl (C=O) groups is 2. The molecular weight excluding hydrogens is 228 g/mol. The van der Waals surface area contributed by atoms with Gasteiger partial charge in [-0.15, -0.1) is 0 Å². The van der Waals surface area contributed by atoms with Crippen LogP contribution in [0, 0.1) is 17.8 Å². The second kappa shape index (κ2) is 6.28. The lowest BCUT2D eigenvalue weighted by Crippen LogP contribution is -2.28. The zero-order valence-electron chi connectivity index (χ0n) is 11.8. The lowest BCUT2D eigenvalue weighted by Gasteiger charge is -2.23. The van der Waals surface area contributed by atoms with E-state index in [4.69, 9.17) is 0 Å². The summed E-state index contributed by atoms with van der Waals surface area (Å²) in [5.41, 5.74) is 0.902.